The molecule has 0 bridgehead atoms. The summed E-state index contributed by atoms with van der Waals surface area (Å²) in [4.78, 5) is 14.5. The van der Waals surface area contributed by atoms with Crippen LogP contribution < -0.4 is 4.72 Å². The summed E-state index contributed by atoms with van der Waals surface area (Å²) in [5.74, 6) is -1.74. The molecule has 0 aliphatic heterocycles. The molecular formula is C12H12N2O5S. The van der Waals surface area contributed by atoms with Crippen LogP contribution in [0.2, 0.25) is 0 Å². The highest BCUT2D eigenvalue weighted by molar-refractivity contribution is 7.92. The van der Waals surface area contributed by atoms with E-state index < -0.39 is 21.8 Å². The number of aromatic carboxylic acids is 1. The summed E-state index contributed by atoms with van der Waals surface area (Å²) < 4.78 is 31.5. The van der Waals surface area contributed by atoms with Crippen LogP contribution >= 0.6 is 0 Å². The average molecular weight is 296 g/mol. The van der Waals surface area contributed by atoms with E-state index in [4.69, 9.17) is 9.52 Å². The van der Waals surface area contributed by atoms with Gasteiger partial charge in [-0.3, -0.25) is 9.71 Å². The van der Waals surface area contributed by atoms with Gasteiger partial charge in [0.05, 0.1) is 11.9 Å². The molecule has 2 rings (SSSR count). The molecule has 0 amide bonds. The fraction of sp³-hybridized carbons (Fsp3) is 0.167. The number of hydrogen-bond donors (Lipinski definition) is 2. The van der Waals surface area contributed by atoms with Gasteiger partial charge in [-0.05, 0) is 26.0 Å². The van der Waals surface area contributed by atoms with Crippen molar-refractivity contribution >= 4 is 21.7 Å². The first-order valence-electron chi connectivity index (χ1n) is 5.59. The van der Waals surface area contributed by atoms with Crippen molar-refractivity contribution in [3.05, 3.63) is 41.6 Å². The number of rotatable bonds is 4. The normalized spacial score (nSPS) is 11.3. The van der Waals surface area contributed by atoms with Gasteiger partial charge in [-0.1, -0.05) is 0 Å². The number of carboxylic acids is 1. The molecule has 8 heteroatoms. The molecule has 0 aliphatic carbocycles. The average Bonchev–Trinajstić information content (AvgIpc) is 2.75. The van der Waals surface area contributed by atoms with Gasteiger partial charge in [-0.15, -0.1) is 0 Å². The summed E-state index contributed by atoms with van der Waals surface area (Å²) in [5, 5.41) is 8.79. The van der Waals surface area contributed by atoms with Crippen LogP contribution in [0.25, 0.3) is 0 Å². The Kier molecular flexibility index (Phi) is 3.49. The van der Waals surface area contributed by atoms with Crippen molar-refractivity contribution in [2.24, 2.45) is 0 Å². The minimum Gasteiger partial charge on any atom is -0.475 e. The highest BCUT2D eigenvalue weighted by Crippen LogP contribution is 2.22. The Morgan fingerprint density at radius 2 is 2.05 bits per heavy atom. The first-order chi connectivity index (χ1) is 9.29. The maximum atomic E-state index is 12.2. The summed E-state index contributed by atoms with van der Waals surface area (Å²) in [6.45, 7) is 3.16. The standard InChI is InChI=1S/C12H12N2O5S/c1-7-3-4-9(6-13-7)14-20(17,18)11-5-10(12(15)16)19-8(11)2/h3-6,14H,1-2H3,(H,15,16). The number of nitrogens with one attached hydrogen (secondary N) is 1. The third-order valence-corrected chi connectivity index (χ3v) is 4.02. The molecule has 0 spiro atoms. The van der Waals surface area contributed by atoms with Gasteiger partial charge in [0, 0.05) is 11.8 Å². The number of furan rings is 1. The lowest BCUT2D eigenvalue weighted by atomic mass is 10.4. The largest absolute Gasteiger partial charge is 0.475 e. The first kappa shape index (κ1) is 14.1. The van der Waals surface area contributed by atoms with Crippen LogP contribution in [-0.4, -0.2) is 24.5 Å². The van der Waals surface area contributed by atoms with Crippen molar-refractivity contribution < 1.29 is 22.7 Å². The number of sulfonamides is 1. The van der Waals surface area contributed by atoms with E-state index in [2.05, 4.69) is 9.71 Å². The zero-order valence-electron chi connectivity index (χ0n) is 10.7. The molecule has 7 nitrogen and oxygen atoms in total. The Morgan fingerprint density at radius 1 is 1.35 bits per heavy atom. The highest BCUT2D eigenvalue weighted by atomic mass is 32.2. The SMILES string of the molecule is Cc1ccc(NS(=O)(=O)c2cc(C(=O)O)oc2C)cn1. The molecule has 2 N–H and O–H groups in total. The molecule has 0 aliphatic rings. The summed E-state index contributed by atoms with van der Waals surface area (Å²) in [5.41, 5.74) is 1.04. The van der Waals surface area contributed by atoms with Crippen LogP contribution in [0, 0.1) is 13.8 Å². The van der Waals surface area contributed by atoms with E-state index in [9.17, 15) is 13.2 Å². The predicted octanol–water partition coefficient (Wildman–Crippen LogP) is 1.79. The minimum atomic E-state index is -3.92. The van der Waals surface area contributed by atoms with Gasteiger partial charge in [0.15, 0.2) is 0 Å². The number of pyridine rings is 1. The van der Waals surface area contributed by atoms with E-state index in [1.165, 1.54) is 13.1 Å². The van der Waals surface area contributed by atoms with Crippen molar-refractivity contribution in [3.63, 3.8) is 0 Å². The summed E-state index contributed by atoms with van der Waals surface area (Å²) in [6, 6.07) is 4.19. The zero-order valence-corrected chi connectivity index (χ0v) is 11.6. The smallest absolute Gasteiger partial charge is 0.371 e. The molecule has 0 unspecified atom stereocenters. The molecule has 106 valence electrons. The van der Waals surface area contributed by atoms with Crippen molar-refractivity contribution in [2.45, 2.75) is 18.7 Å². The molecule has 0 saturated heterocycles. The third kappa shape index (κ3) is 2.80. The molecule has 2 aromatic heterocycles. The molecule has 0 fully saturated rings. The second kappa shape index (κ2) is 4.97. The van der Waals surface area contributed by atoms with Crippen LogP contribution in [0.3, 0.4) is 0 Å². The molecule has 2 aromatic rings. The van der Waals surface area contributed by atoms with E-state index in [-0.39, 0.29) is 16.3 Å². The quantitative estimate of drug-likeness (QED) is 0.890. The number of aryl methyl sites for hydroxylation is 2. The lowest BCUT2D eigenvalue weighted by Gasteiger charge is -2.06. The monoisotopic (exact) mass is 296 g/mol. The van der Waals surface area contributed by atoms with Crippen molar-refractivity contribution in [1.82, 2.24) is 4.98 Å². The number of aromatic nitrogens is 1. The molecule has 0 saturated carbocycles. The van der Waals surface area contributed by atoms with Gasteiger partial charge in [0.2, 0.25) is 5.76 Å². The third-order valence-electron chi connectivity index (χ3n) is 2.54. The minimum absolute atomic E-state index is 0.00923. The molecular weight excluding hydrogens is 284 g/mol. The van der Waals surface area contributed by atoms with Crippen LogP contribution in [-0.2, 0) is 10.0 Å². The Bertz CT molecular complexity index is 747. The van der Waals surface area contributed by atoms with Crippen molar-refractivity contribution in [2.75, 3.05) is 4.72 Å². The lowest BCUT2D eigenvalue weighted by molar-refractivity contribution is 0.0661. The lowest BCUT2D eigenvalue weighted by Crippen LogP contribution is -2.13. The number of anilines is 1. The van der Waals surface area contributed by atoms with Crippen molar-refractivity contribution in [3.8, 4) is 0 Å². The van der Waals surface area contributed by atoms with E-state index in [1.54, 1.807) is 19.1 Å². The van der Waals surface area contributed by atoms with Gasteiger partial charge >= 0.3 is 5.97 Å². The second-order valence-electron chi connectivity index (χ2n) is 4.13. The van der Waals surface area contributed by atoms with Gasteiger partial charge in [0.1, 0.15) is 10.7 Å². The fourth-order valence-corrected chi connectivity index (χ4v) is 2.80. The van der Waals surface area contributed by atoms with E-state index in [1.807, 2.05) is 0 Å². The summed E-state index contributed by atoms with van der Waals surface area (Å²) in [6.07, 6.45) is 1.38. The van der Waals surface area contributed by atoms with Crippen molar-refractivity contribution in [1.29, 1.82) is 0 Å². The second-order valence-corrected chi connectivity index (χ2v) is 5.78. The maximum Gasteiger partial charge on any atom is 0.371 e. The van der Waals surface area contributed by atoms with Crippen LogP contribution in [0.4, 0.5) is 5.69 Å². The fourth-order valence-electron chi connectivity index (χ4n) is 1.58. The number of carboxylic acid groups (broad SMARTS) is 1. The van der Waals surface area contributed by atoms with Gasteiger partial charge in [-0.25, -0.2) is 13.2 Å². The van der Waals surface area contributed by atoms with E-state index in [0.717, 1.165) is 11.8 Å². The van der Waals surface area contributed by atoms with Crippen LogP contribution in [0.15, 0.2) is 33.7 Å². The predicted molar refractivity (Wildman–Crippen MR) is 70.2 cm³/mol. The summed E-state index contributed by atoms with van der Waals surface area (Å²) >= 11 is 0. The number of carbonyl (C=O) groups is 1. The molecule has 2 heterocycles. The Balaban J connectivity index is 2.35. The van der Waals surface area contributed by atoms with Gasteiger partial charge < -0.3 is 9.52 Å². The van der Waals surface area contributed by atoms with Crippen LogP contribution in [0.5, 0.6) is 0 Å². The Morgan fingerprint density at radius 3 is 2.55 bits per heavy atom. The molecule has 0 radical (unpaired) electrons. The first-order valence-corrected chi connectivity index (χ1v) is 7.07. The molecule has 20 heavy (non-hydrogen) atoms. The highest BCUT2D eigenvalue weighted by Gasteiger charge is 2.23. The summed E-state index contributed by atoms with van der Waals surface area (Å²) in [7, 11) is -3.92. The Hall–Kier alpha value is -2.35. The number of nitrogens with zero attached hydrogens (tertiary/aromatic N) is 1. The number of hydrogen-bond acceptors (Lipinski definition) is 5. The van der Waals surface area contributed by atoms with E-state index >= 15 is 0 Å². The molecule has 0 atom stereocenters. The van der Waals surface area contributed by atoms with Gasteiger partial charge in [-0.2, -0.15) is 0 Å². The molecule has 0 aromatic carbocycles. The Labute approximate surface area is 115 Å². The maximum absolute atomic E-state index is 12.2. The van der Waals surface area contributed by atoms with Crippen LogP contribution in [0.1, 0.15) is 22.0 Å². The topological polar surface area (TPSA) is 110 Å². The van der Waals surface area contributed by atoms with Gasteiger partial charge in [0.25, 0.3) is 10.0 Å². The zero-order chi connectivity index (χ0) is 14.9. The van der Waals surface area contributed by atoms with E-state index in [0.29, 0.717) is 0 Å².